The highest BCUT2D eigenvalue weighted by molar-refractivity contribution is 7.90. The van der Waals surface area contributed by atoms with Gasteiger partial charge in [0.1, 0.15) is 0 Å². The quantitative estimate of drug-likeness (QED) is 0.751. The zero-order valence-corrected chi connectivity index (χ0v) is 12.4. The molecule has 0 unspecified atom stereocenters. The fourth-order valence-electron chi connectivity index (χ4n) is 1.37. The molecule has 1 rings (SSSR count). The summed E-state index contributed by atoms with van der Waals surface area (Å²) in [6, 6.07) is 5.32. The first-order valence-corrected chi connectivity index (χ1v) is 7.30. The molecule has 0 heterocycles. The van der Waals surface area contributed by atoms with E-state index in [-0.39, 0.29) is 11.4 Å². The number of aryl methyl sites for hydroxylation is 1. The average molecular weight is 302 g/mol. The van der Waals surface area contributed by atoms with Crippen molar-refractivity contribution in [2.45, 2.75) is 18.1 Å². The first-order chi connectivity index (χ1) is 9.39. The van der Waals surface area contributed by atoms with Gasteiger partial charge in [0.05, 0.1) is 11.4 Å². The number of amides is 2. The maximum Gasteiger partial charge on any atom is 0.328 e. The maximum atomic E-state index is 11.9. The second-order valence-corrected chi connectivity index (χ2v) is 5.71. The van der Waals surface area contributed by atoms with Gasteiger partial charge in [-0.3, -0.25) is 0 Å². The van der Waals surface area contributed by atoms with E-state index < -0.39 is 22.3 Å². The van der Waals surface area contributed by atoms with E-state index in [1.807, 2.05) is 11.6 Å². The summed E-state index contributed by atoms with van der Waals surface area (Å²) in [5, 5.41) is 2.34. The highest BCUT2D eigenvalue weighted by Crippen LogP contribution is 2.09. The van der Waals surface area contributed by atoms with Gasteiger partial charge in [-0.2, -0.15) is 0 Å². The number of ether oxygens (including phenoxy) is 2. The molecule has 0 bridgehead atoms. The third-order valence-corrected chi connectivity index (χ3v) is 3.86. The molecule has 2 amide bonds. The minimum absolute atomic E-state index is 0.0216. The van der Waals surface area contributed by atoms with Crippen LogP contribution >= 0.6 is 0 Å². The second-order valence-electron chi connectivity index (χ2n) is 4.03. The van der Waals surface area contributed by atoms with Crippen LogP contribution in [0.3, 0.4) is 0 Å². The Morgan fingerprint density at radius 1 is 1.20 bits per heavy atom. The van der Waals surface area contributed by atoms with Crippen molar-refractivity contribution in [3.63, 3.8) is 0 Å². The molecule has 1 aromatic carbocycles. The van der Waals surface area contributed by atoms with Crippen molar-refractivity contribution in [2.24, 2.45) is 0 Å². The Labute approximate surface area is 118 Å². The lowest BCUT2D eigenvalue weighted by Gasteiger charge is -2.14. The summed E-state index contributed by atoms with van der Waals surface area (Å²) in [7, 11) is -1.05. The molecule has 112 valence electrons. The number of carbonyl (C=O) groups excluding carboxylic acids is 1. The van der Waals surface area contributed by atoms with Gasteiger partial charge < -0.3 is 14.8 Å². The van der Waals surface area contributed by atoms with Crippen molar-refractivity contribution in [3.05, 3.63) is 29.8 Å². The molecule has 0 aliphatic carbocycles. The summed E-state index contributed by atoms with van der Waals surface area (Å²) in [5.41, 5.74) is 0.927. The van der Waals surface area contributed by atoms with Gasteiger partial charge in [0, 0.05) is 14.2 Å². The van der Waals surface area contributed by atoms with E-state index in [0.29, 0.717) is 0 Å². The first-order valence-electron chi connectivity index (χ1n) is 5.82. The van der Waals surface area contributed by atoms with Crippen molar-refractivity contribution in [1.29, 1.82) is 0 Å². The summed E-state index contributed by atoms with van der Waals surface area (Å²) in [6.07, 6.45) is -0.636. The van der Waals surface area contributed by atoms with Crippen LogP contribution in [-0.2, 0) is 19.5 Å². The van der Waals surface area contributed by atoms with E-state index in [1.54, 1.807) is 12.1 Å². The Morgan fingerprint density at radius 2 is 1.75 bits per heavy atom. The van der Waals surface area contributed by atoms with E-state index in [2.05, 4.69) is 5.32 Å². The number of rotatable bonds is 6. The van der Waals surface area contributed by atoms with Crippen LogP contribution in [-0.4, -0.2) is 41.5 Å². The molecular weight excluding hydrogens is 284 g/mol. The van der Waals surface area contributed by atoms with Crippen LogP contribution in [0.5, 0.6) is 0 Å². The highest BCUT2D eigenvalue weighted by Gasteiger charge is 2.17. The van der Waals surface area contributed by atoms with Gasteiger partial charge in [0.2, 0.25) is 0 Å². The largest absolute Gasteiger partial charge is 0.354 e. The molecule has 7 nitrogen and oxygen atoms in total. The minimum atomic E-state index is -3.88. The lowest BCUT2D eigenvalue weighted by atomic mass is 10.2. The molecule has 0 saturated carbocycles. The van der Waals surface area contributed by atoms with Gasteiger partial charge in [-0.05, 0) is 19.1 Å². The molecule has 0 aliphatic rings. The van der Waals surface area contributed by atoms with Gasteiger partial charge in [0.15, 0.2) is 6.29 Å². The standard InChI is InChI=1S/C12H18N2O5S/c1-9-4-6-10(7-5-9)20(16,17)14-12(15)13-8-11(18-2)19-3/h4-7,11H,8H2,1-3H3,(H2,13,14,15). The summed E-state index contributed by atoms with van der Waals surface area (Å²) in [5.74, 6) is 0. The Balaban J connectivity index is 2.62. The lowest BCUT2D eigenvalue weighted by Crippen LogP contribution is -2.43. The van der Waals surface area contributed by atoms with Crippen molar-refractivity contribution < 1.29 is 22.7 Å². The van der Waals surface area contributed by atoms with E-state index in [9.17, 15) is 13.2 Å². The fraction of sp³-hybridized carbons (Fsp3) is 0.417. The van der Waals surface area contributed by atoms with Crippen LogP contribution in [0.4, 0.5) is 4.79 Å². The van der Waals surface area contributed by atoms with Crippen molar-refractivity contribution >= 4 is 16.1 Å². The van der Waals surface area contributed by atoms with Crippen molar-refractivity contribution in [3.8, 4) is 0 Å². The number of sulfonamides is 1. The van der Waals surface area contributed by atoms with Crippen LogP contribution in [0.2, 0.25) is 0 Å². The van der Waals surface area contributed by atoms with Crippen molar-refractivity contribution in [2.75, 3.05) is 20.8 Å². The van der Waals surface area contributed by atoms with E-state index >= 15 is 0 Å². The van der Waals surface area contributed by atoms with Crippen LogP contribution in [0, 0.1) is 6.92 Å². The lowest BCUT2D eigenvalue weighted by molar-refractivity contribution is -0.0971. The summed E-state index contributed by atoms with van der Waals surface area (Å²) in [4.78, 5) is 11.5. The number of nitrogens with one attached hydrogen (secondary N) is 2. The number of benzene rings is 1. The Kier molecular flexibility index (Phi) is 5.93. The van der Waals surface area contributed by atoms with Gasteiger partial charge >= 0.3 is 6.03 Å². The maximum absolute atomic E-state index is 11.9. The monoisotopic (exact) mass is 302 g/mol. The molecule has 1 aromatic rings. The molecule has 0 fully saturated rings. The number of hydrogen-bond donors (Lipinski definition) is 2. The predicted molar refractivity (Wildman–Crippen MR) is 72.7 cm³/mol. The summed E-state index contributed by atoms with van der Waals surface area (Å²) in [6.45, 7) is 1.87. The molecular formula is C12H18N2O5S. The predicted octanol–water partition coefficient (Wildman–Crippen LogP) is 0.602. The highest BCUT2D eigenvalue weighted by atomic mass is 32.2. The van der Waals surface area contributed by atoms with Gasteiger partial charge in [-0.1, -0.05) is 17.7 Å². The van der Waals surface area contributed by atoms with Gasteiger partial charge in [0.25, 0.3) is 10.0 Å². The molecule has 0 atom stereocenters. The minimum Gasteiger partial charge on any atom is -0.354 e. The molecule has 0 saturated heterocycles. The average Bonchev–Trinajstić information content (AvgIpc) is 2.39. The zero-order valence-electron chi connectivity index (χ0n) is 11.5. The van der Waals surface area contributed by atoms with E-state index in [1.165, 1.54) is 26.4 Å². The van der Waals surface area contributed by atoms with Crippen LogP contribution in [0.1, 0.15) is 5.56 Å². The Hall–Kier alpha value is -1.64. The molecule has 20 heavy (non-hydrogen) atoms. The van der Waals surface area contributed by atoms with E-state index in [4.69, 9.17) is 9.47 Å². The van der Waals surface area contributed by atoms with Gasteiger partial charge in [-0.25, -0.2) is 17.9 Å². The number of carbonyl (C=O) groups is 1. The topological polar surface area (TPSA) is 93.7 Å². The third-order valence-electron chi connectivity index (χ3n) is 2.51. The summed E-state index contributed by atoms with van der Waals surface area (Å²) >= 11 is 0. The SMILES string of the molecule is COC(CNC(=O)NS(=O)(=O)c1ccc(C)cc1)OC. The fourth-order valence-corrected chi connectivity index (χ4v) is 2.30. The first kappa shape index (κ1) is 16.4. The molecule has 0 spiro atoms. The van der Waals surface area contributed by atoms with Gasteiger partial charge in [-0.15, -0.1) is 0 Å². The number of methoxy groups -OCH3 is 2. The van der Waals surface area contributed by atoms with Crippen molar-refractivity contribution in [1.82, 2.24) is 10.0 Å². The summed E-state index contributed by atoms with van der Waals surface area (Å²) < 4.78 is 35.4. The number of hydrogen-bond acceptors (Lipinski definition) is 5. The van der Waals surface area contributed by atoms with Crippen LogP contribution in [0.15, 0.2) is 29.2 Å². The Bertz CT molecular complexity index is 537. The molecule has 2 N–H and O–H groups in total. The second kappa shape index (κ2) is 7.22. The van der Waals surface area contributed by atoms with Crippen LogP contribution in [0.25, 0.3) is 0 Å². The smallest absolute Gasteiger partial charge is 0.328 e. The molecule has 0 aromatic heterocycles. The van der Waals surface area contributed by atoms with E-state index in [0.717, 1.165) is 5.56 Å². The number of urea groups is 1. The Morgan fingerprint density at radius 3 is 2.25 bits per heavy atom. The van der Waals surface area contributed by atoms with Crippen LogP contribution < -0.4 is 10.0 Å². The normalized spacial score (nSPS) is 11.4. The molecule has 8 heteroatoms. The third kappa shape index (κ3) is 4.80. The molecule has 0 aliphatic heterocycles. The zero-order chi connectivity index (χ0) is 15.2. The molecule has 0 radical (unpaired) electrons.